The van der Waals surface area contributed by atoms with Crippen LogP contribution in [-0.4, -0.2) is 35.7 Å². The van der Waals surface area contributed by atoms with Crippen LogP contribution in [-0.2, 0) is 9.53 Å². The summed E-state index contributed by atoms with van der Waals surface area (Å²) in [4.78, 5) is 10.9. The van der Waals surface area contributed by atoms with Gasteiger partial charge in [-0.1, -0.05) is 44.2 Å². The first-order valence-electron chi connectivity index (χ1n) is 7.81. The summed E-state index contributed by atoms with van der Waals surface area (Å²) in [6.07, 6.45) is 3.92. The first kappa shape index (κ1) is 17.2. The van der Waals surface area contributed by atoms with Crippen molar-refractivity contribution >= 4 is 17.7 Å². The maximum atomic E-state index is 12.5. The number of benzene rings is 1. The molecule has 1 unspecified atom stereocenters. The van der Waals surface area contributed by atoms with Crippen molar-refractivity contribution in [2.75, 3.05) is 13.2 Å². The van der Waals surface area contributed by atoms with Crippen molar-refractivity contribution < 1.29 is 14.3 Å². The van der Waals surface area contributed by atoms with Crippen LogP contribution in [0.5, 0.6) is 0 Å². The molecule has 124 valence electrons. The second kappa shape index (κ2) is 7.42. The minimum absolute atomic E-state index is 0.101. The number of ether oxygens (including phenoxy) is 1. The van der Waals surface area contributed by atoms with Crippen molar-refractivity contribution in [3.8, 4) is 0 Å². The second-order valence-electron chi connectivity index (χ2n) is 6.43. The Balaban J connectivity index is 2.02. The van der Waals surface area contributed by atoms with Crippen molar-refractivity contribution in [1.82, 2.24) is 5.32 Å². The van der Waals surface area contributed by atoms with Crippen molar-refractivity contribution in [1.29, 1.82) is 0 Å². The fourth-order valence-electron chi connectivity index (χ4n) is 2.68. The first-order chi connectivity index (χ1) is 10.9. The number of hydrogen-bond acceptors (Lipinski definition) is 3. The van der Waals surface area contributed by atoms with Crippen molar-refractivity contribution in [3.05, 3.63) is 47.2 Å². The SMILES string of the molecule is CC(=O)NCCOC1[N+]([O-])=C(/C=C/c2ccccc2)CC1(C)C. The van der Waals surface area contributed by atoms with Crippen molar-refractivity contribution in [2.24, 2.45) is 5.41 Å². The third-order valence-corrected chi connectivity index (χ3v) is 3.82. The van der Waals surface area contributed by atoms with Crippen LogP contribution >= 0.6 is 0 Å². The Hall–Kier alpha value is -2.14. The molecule has 0 aliphatic carbocycles. The predicted octanol–water partition coefficient (Wildman–Crippen LogP) is 2.56. The summed E-state index contributed by atoms with van der Waals surface area (Å²) in [6, 6.07) is 9.88. The van der Waals surface area contributed by atoms with Gasteiger partial charge in [-0.25, -0.2) is 0 Å². The minimum atomic E-state index is -0.535. The number of allylic oxidation sites excluding steroid dienone is 1. The second-order valence-corrected chi connectivity index (χ2v) is 6.43. The summed E-state index contributed by atoms with van der Waals surface area (Å²) in [7, 11) is 0. The molecular weight excluding hydrogens is 292 g/mol. The van der Waals surface area contributed by atoms with E-state index in [1.54, 1.807) is 0 Å². The van der Waals surface area contributed by atoms with Crippen LogP contribution in [0.3, 0.4) is 0 Å². The molecule has 1 atom stereocenters. The molecule has 0 saturated heterocycles. The molecule has 0 spiro atoms. The molecule has 0 saturated carbocycles. The van der Waals surface area contributed by atoms with Gasteiger partial charge in [-0.15, -0.1) is 0 Å². The van der Waals surface area contributed by atoms with Crippen LogP contribution < -0.4 is 5.32 Å². The minimum Gasteiger partial charge on any atom is -0.622 e. The number of rotatable bonds is 6. The number of carbonyl (C=O) groups is 1. The van der Waals surface area contributed by atoms with Gasteiger partial charge >= 0.3 is 0 Å². The van der Waals surface area contributed by atoms with Gasteiger partial charge in [0.15, 0.2) is 5.71 Å². The van der Waals surface area contributed by atoms with Gasteiger partial charge in [0.25, 0.3) is 6.23 Å². The van der Waals surface area contributed by atoms with Gasteiger partial charge in [0, 0.05) is 26.0 Å². The summed E-state index contributed by atoms with van der Waals surface area (Å²) in [6.45, 7) is 6.22. The number of amides is 1. The van der Waals surface area contributed by atoms with E-state index >= 15 is 0 Å². The van der Waals surface area contributed by atoms with E-state index in [1.807, 2.05) is 56.3 Å². The highest BCUT2D eigenvalue weighted by Gasteiger charge is 2.45. The molecule has 5 nitrogen and oxygen atoms in total. The van der Waals surface area contributed by atoms with Crippen LogP contribution in [0.1, 0.15) is 32.8 Å². The lowest BCUT2D eigenvalue weighted by Gasteiger charge is -2.24. The summed E-state index contributed by atoms with van der Waals surface area (Å²) >= 11 is 0. The van der Waals surface area contributed by atoms with E-state index in [4.69, 9.17) is 4.74 Å². The Morgan fingerprint density at radius 1 is 1.39 bits per heavy atom. The highest BCUT2D eigenvalue weighted by molar-refractivity contribution is 5.95. The van der Waals surface area contributed by atoms with E-state index in [0.717, 1.165) is 10.3 Å². The van der Waals surface area contributed by atoms with Gasteiger partial charge in [0.1, 0.15) is 0 Å². The molecule has 1 N–H and O–H groups in total. The molecule has 0 radical (unpaired) electrons. The molecular formula is C18H24N2O3. The molecule has 1 amide bonds. The summed E-state index contributed by atoms with van der Waals surface area (Å²) in [5.74, 6) is -0.101. The number of hydroxylamine groups is 1. The van der Waals surface area contributed by atoms with Gasteiger partial charge in [0.2, 0.25) is 5.91 Å². The predicted molar refractivity (Wildman–Crippen MR) is 90.9 cm³/mol. The van der Waals surface area contributed by atoms with Crippen LogP contribution in [0, 0.1) is 10.6 Å². The van der Waals surface area contributed by atoms with Crippen LogP contribution in [0.25, 0.3) is 6.08 Å². The van der Waals surface area contributed by atoms with E-state index in [0.29, 0.717) is 25.3 Å². The number of hydrogen-bond donors (Lipinski definition) is 1. The molecule has 23 heavy (non-hydrogen) atoms. The quantitative estimate of drug-likeness (QED) is 0.498. The van der Waals surface area contributed by atoms with Gasteiger partial charge in [0.05, 0.1) is 12.0 Å². The highest BCUT2D eigenvalue weighted by Crippen LogP contribution is 2.34. The lowest BCUT2D eigenvalue weighted by Crippen LogP contribution is -2.36. The standard InChI is InChI=1S/C18H24N2O3/c1-14(21)19-11-12-23-17-18(2,3)13-16(20(17)22)10-9-15-7-5-4-6-8-15/h4-10,17H,11-13H2,1-3H3,(H,19,21)/b10-9+. The fourth-order valence-corrected chi connectivity index (χ4v) is 2.68. The third-order valence-electron chi connectivity index (χ3n) is 3.82. The van der Waals surface area contributed by atoms with Gasteiger partial charge < -0.3 is 15.3 Å². The van der Waals surface area contributed by atoms with Gasteiger partial charge in [-0.2, -0.15) is 4.74 Å². The zero-order valence-electron chi connectivity index (χ0n) is 13.9. The van der Waals surface area contributed by atoms with Gasteiger partial charge in [-0.05, 0) is 11.6 Å². The van der Waals surface area contributed by atoms with E-state index in [2.05, 4.69) is 5.32 Å². The smallest absolute Gasteiger partial charge is 0.273 e. The summed E-state index contributed by atoms with van der Waals surface area (Å²) in [5, 5.41) is 15.2. The average Bonchev–Trinajstić information content (AvgIpc) is 2.72. The fraction of sp³-hybridized carbons (Fsp3) is 0.444. The molecule has 1 aromatic carbocycles. The topological polar surface area (TPSA) is 64.4 Å². The van der Waals surface area contributed by atoms with Crippen LogP contribution in [0.15, 0.2) is 36.4 Å². The Labute approximate surface area is 137 Å². The lowest BCUT2D eigenvalue weighted by molar-refractivity contribution is -0.564. The molecule has 1 aliphatic heterocycles. The monoisotopic (exact) mass is 316 g/mol. The highest BCUT2D eigenvalue weighted by atomic mass is 16.6. The number of nitrogens with one attached hydrogen (secondary N) is 1. The molecule has 0 aromatic heterocycles. The summed E-state index contributed by atoms with van der Waals surface area (Å²) in [5.41, 5.74) is 1.50. The first-order valence-corrected chi connectivity index (χ1v) is 7.81. The molecule has 2 rings (SSSR count). The van der Waals surface area contributed by atoms with E-state index in [-0.39, 0.29) is 11.3 Å². The lowest BCUT2D eigenvalue weighted by atomic mass is 9.88. The molecule has 1 heterocycles. The average molecular weight is 316 g/mol. The number of carbonyl (C=O) groups excluding carboxylic acids is 1. The Morgan fingerprint density at radius 3 is 2.74 bits per heavy atom. The maximum Gasteiger partial charge on any atom is 0.273 e. The van der Waals surface area contributed by atoms with E-state index in [1.165, 1.54) is 6.92 Å². The molecule has 1 aliphatic rings. The maximum absolute atomic E-state index is 12.5. The summed E-state index contributed by atoms with van der Waals surface area (Å²) < 4.78 is 6.66. The van der Waals surface area contributed by atoms with Crippen LogP contribution in [0.4, 0.5) is 0 Å². The van der Waals surface area contributed by atoms with E-state index < -0.39 is 6.23 Å². The zero-order chi connectivity index (χ0) is 16.9. The van der Waals surface area contributed by atoms with Crippen LogP contribution in [0.2, 0.25) is 0 Å². The molecule has 0 fully saturated rings. The van der Waals surface area contributed by atoms with E-state index in [9.17, 15) is 10.0 Å². The normalized spacial score (nSPS) is 20.2. The van der Waals surface area contributed by atoms with Gasteiger partial charge in [-0.3, -0.25) is 4.79 Å². The third kappa shape index (κ3) is 4.66. The van der Waals surface area contributed by atoms with Crippen molar-refractivity contribution in [2.45, 2.75) is 33.4 Å². The largest absolute Gasteiger partial charge is 0.622 e. The Kier molecular flexibility index (Phi) is 5.55. The Bertz CT molecular complexity index is 606. The number of nitrogens with zero attached hydrogens (tertiary/aromatic N) is 1. The van der Waals surface area contributed by atoms with Crippen molar-refractivity contribution in [3.63, 3.8) is 0 Å². The zero-order valence-corrected chi connectivity index (χ0v) is 13.9. The molecule has 0 bridgehead atoms. The Morgan fingerprint density at radius 2 is 2.09 bits per heavy atom. The molecule has 1 aromatic rings. The molecule has 5 heteroatoms.